The molecule has 0 aromatic heterocycles. The second-order valence-corrected chi connectivity index (χ2v) is 11.3. The van der Waals surface area contributed by atoms with Gasteiger partial charge >= 0.3 is 0 Å². The van der Waals surface area contributed by atoms with Gasteiger partial charge in [0, 0.05) is 35.8 Å². The number of benzene rings is 3. The Kier molecular flexibility index (Phi) is 11.2. The van der Waals surface area contributed by atoms with Crippen LogP contribution in [0.15, 0.2) is 78.6 Å². The lowest BCUT2D eigenvalue weighted by molar-refractivity contribution is -0.166. The average molecular weight is 649 g/mol. The molecule has 3 amide bonds. The predicted molar refractivity (Wildman–Crippen MR) is 173 cm³/mol. The molecule has 242 valence electrons. The Labute approximate surface area is 272 Å². The molecule has 0 saturated carbocycles. The van der Waals surface area contributed by atoms with Crippen LogP contribution in [0.5, 0.6) is 0 Å². The maximum Gasteiger partial charge on any atom is 0.290 e. The van der Waals surface area contributed by atoms with E-state index in [1.807, 2.05) is 43.3 Å². The number of amides is 3. The van der Waals surface area contributed by atoms with E-state index in [1.54, 1.807) is 37.3 Å². The van der Waals surface area contributed by atoms with E-state index >= 15 is 0 Å². The summed E-state index contributed by atoms with van der Waals surface area (Å²) in [5, 5.41) is 12.1. The van der Waals surface area contributed by atoms with Gasteiger partial charge in [0.15, 0.2) is 5.76 Å². The van der Waals surface area contributed by atoms with Crippen molar-refractivity contribution in [3.63, 3.8) is 0 Å². The summed E-state index contributed by atoms with van der Waals surface area (Å²) < 4.78 is 23.2. The molecule has 0 saturated heterocycles. The summed E-state index contributed by atoms with van der Waals surface area (Å²) in [6.45, 7) is 5.47. The number of aliphatic hydroxyl groups is 1. The quantitative estimate of drug-likeness (QED) is 0.174. The second-order valence-electron chi connectivity index (χ2n) is 10.9. The molecule has 3 aromatic rings. The van der Waals surface area contributed by atoms with Crippen molar-refractivity contribution >= 4 is 40.7 Å². The van der Waals surface area contributed by atoms with Crippen molar-refractivity contribution in [1.82, 2.24) is 0 Å². The molecule has 5 rings (SSSR count). The monoisotopic (exact) mass is 648 g/mol. The van der Waals surface area contributed by atoms with Gasteiger partial charge in [0.1, 0.15) is 0 Å². The van der Waals surface area contributed by atoms with Crippen molar-refractivity contribution in [3.05, 3.63) is 106 Å². The molecule has 0 radical (unpaired) electrons. The maximum absolute atomic E-state index is 13.6. The molecule has 3 atom stereocenters. The van der Waals surface area contributed by atoms with Crippen LogP contribution in [0.4, 0.5) is 11.4 Å². The Morgan fingerprint density at radius 1 is 0.957 bits per heavy atom. The number of imide groups is 1. The third-order valence-electron chi connectivity index (χ3n) is 7.87. The first kappa shape index (κ1) is 33.3. The van der Waals surface area contributed by atoms with Gasteiger partial charge in [-0.15, -0.1) is 0 Å². The molecule has 2 aliphatic heterocycles. The molecular weight excluding hydrogens is 612 g/mol. The van der Waals surface area contributed by atoms with Gasteiger partial charge in [0.25, 0.3) is 17.7 Å². The molecule has 3 aromatic carbocycles. The molecule has 11 heteroatoms. The van der Waals surface area contributed by atoms with E-state index in [2.05, 4.69) is 5.32 Å². The number of rotatable bonds is 14. The zero-order valence-corrected chi connectivity index (χ0v) is 26.5. The van der Waals surface area contributed by atoms with Crippen molar-refractivity contribution in [2.75, 3.05) is 49.9 Å². The van der Waals surface area contributed by atoms with Crippen LogP contribution in [-0.4, -0.2) is 68.8 Å². The summed E-state index contributed by atoms with van der Waals surface area (Å²) in [5.41, 5.74) is 3.07. The highest BCUT2D eigenvalue weighted by molar-refractivity contribution is 6.37. The van der Waals surface area contributed by atoms with Crippen molar-refractivity contribution in [3.8, 4) is 0 Å². The molecule has 2 N–H and O–H groups in total. The van der Waals surface area contributed by atoms with Crippen LogP contribution in [0.25, 0.3) is 0 Å². The standard InChI is InChI=1S/C35H37ClN2O8/c1-3-45-35-27(13-15-43-17-18-44-16-14-39)28(23-7-5-4-6-8-23)21-31(46-35)32(40)37-25-10-12-30(22(2)19-25)38-33(41)26-11-9-24(36)20-29(26)34(38)42/h4-12,19-21,27-28,35,39H,3,13-18H2,1-2H3,(H,37,40)/t27-,28+,35+/m0/s1. The molecule has 0 unspecified atom stereocenters. The van der Waals surface area contributed by atoms with E-state index in [4.69, 9.17) is 35.7 Å². The lowest BCUT2D eigenvalue weighted by atomic mass is 9.81. The number of nitrogens with zero attached hydrogens (tertiary/aromatic N) is 1. The number of ether oxygens (including phenoxy) is 4. The number of hydrogen-bond acceptors (Lipinski definition) is 8. The van der Waals surface area contributed by atoms with E-state index in [0.717, 1.165) is 10.5 Å². The third kappa shape index (κ3) is 7.49. The smallest absolute Gasteiger partial charge is 0.290 e. The van der Waals surface area contributed by atoms with Gasteiger partial charge in [-0.1, -0.05) is 41.9 Å². The number of nitrogens with one attached hydrogen (secondary N) is 1. The van der Waals surface area contributed by atoms with Crippen LogP contribution in [0.2, 0.25) is 5.02 Å². The van der Waals surface area contributed by atoms with Gasteiger partial charge in [-0.05, 0) is 73.9 Å². The molecule has 0 bridgehead atoms. The predicted octanol–water partition coefficient (Wildman–Crippen LogP) is 5.48. The van der Waals surface area contributed by atoms with Crippen LogP contribution < -0.4 is 10.2 Å². The highest BCUT2D eigenvalue weighted by Crippen LogP contribution is 2.39. The van der Waals surface area contributed by atoms with Gasteiger partial charge in [0.05, 0.1) is 43.2 Å². The zero-order chi connectivity index (χ0) is 32.6. The highest BCUT2D eigenvalue weighted by atomic mass is 35.5. The number of aryl methyl sites for hydroxylation is 1. The van der Waals surface area contributed by atoms with Crippen LogP contribution in [-0.2, 0) is 23.7 Å². The van der Waals surface area contributed by atoms with E-state index in [1.165, 1.54) is 6.07 Å². The number of carbonyl (C=O) groups is 3. The maximum atomic E-state index is 13.6. The van der Waals surface area contributed by atoms with E-state index in [-0.39, 0.29) is 36.4 Å². The van der Waals surface area contributed by atoms with Gasteiger partial charge < -0.3 is 29.4 Å². The molecule has 0 aliphatic carbocycles. The normalized spacial score (nSPS) is 19.1. The summed E-state index contributed by atoms with van der Waals surface area (Å²) in [4.78, 5) is 40.9. The Morgan fingerprint density at radius 3 is 2.41 bits per heavy atom. The second kappa shape index (κ2) is 15.5. The average Bonchev–Trinajstić information content (AvgIpc) is 3.29. The van der Waals surface area contributed by atoms with E-state index in [9.17, 15) is 14.4 Å². The Morgan fingerprint density at radius 2 is 1.70 bits per heavy atom. The fourth-order valence-corrected chi connectivity index (χ4v) is 5.88. The molecule has 10 nitrogen and oxygen atoms in total. The number of aliphatic hydroxyl groups excluding tert-OH is 1. The van der Waals surface area contributed by atoms with Gasteiger partial charge in [0.2, 0.25) is 6.29 Å². The first-order valence-electron chi connectivity index (χ1n) is 15.2. The number of carbonyl (C=O) groups excluding carboxylic acids is 3. The minimum absolute atomic E-state index is 0.0344. The van der Waals surface area contributed by atoms with E-state index < -0.39 is 24.0 Å². The fourth-order valence-electron chi connectivity index (χ4n) is 5.71. The minimum Gasteiger partial charge on any atom is -0.459 e. The Hall–Kier alpha value is -4.06. The lowest BCUT2D eigenvalue weighted by Gasteiger charge is -2.37. The first-order valence-corrected chi connectivity index (χ1v) is 15.6. The zero-order valence-electron chi connectivity index (χ0n) is 25.7. The Balaban J connectivity index is 1.32. The number of hydrogen-bond donors (Lipinski definition) is 2. The van der Waals surface area contributed by atoms with Crippen LogP contribution in [0.3, 0.4) is 0 Å². The van der Waals surface area contributed by atoms with Gasteiger partial charge in [-0.25, -0.2) is 4.90 Å². The van der Waals surface area contributed by atoms with Crippen molar-refractivity contribution < 1.29 is 38.4 Å². The molecule has 2 heterocycles. The summed E-state index contributed by atoms with van der Waals surface area (Å²) in [5.74, 6) is -1.53. The topological polar surface area (TPSA) is 124 Å². The Bertz CT molecular complexity index is 1590. The van der Waals surface area contributed by atoms with Crippen molar-refractivity contribution in [2.45, 2.75) is 32.5 Å². The third-order valence-corrected chi connectivity index (χ3v) is 8.11. The summed E-state index contributed by atoms with van der Waals surface area (Å²) in [6.07, 6.45) is 1.74. The summed E-state index contributed by atoms with van der Waals surface area (Å²) >= 11 is 6.06. The highest BCUT2D eigenvalue weighted by Gasteiger charge is 2.39. The molecule has 2 aliphatic rings. The van der Waals surface area contributed by atoms with Gasteiger partial charge in [-0.3, -0.25) is 14.4 Å². The number of anilines is 2. The van der Waals surface area contributed by atoms with Crippen molar-refractivity contribution in [2.24, 2.45) is 5.92 Å². The first-order chi connectivity index (χ1) is 22.3. The van der Waals surface area contributed by atoms with Crippen molar-refractivity contribution in [1.29, 1.82) is 0 Å². The number of allylic oxidation sites excluding steroid dienone is 1. The van der Waals surface area contributed by atoms with Gasteiger partial charge in [-0.2, -0.15) is 0 Å². The molecular formula is C35H37ClN2O8. The fraction of sp³-hybridized carbons (Fsp3) is 0.343. The number of fused-ring (bicyclic) bond motifs is 1. The summed E-state index contributed by atoms with van der Waals surface area (Å²) in [7, 11) is 0. The summed E-state index contributed by atoms with van der Waals surface area (Å²) in [6, 6.07) is 19.4. The van der Waals surface area contributed by atoms with Crippen LogP contribution in [0.1, 0.15) is 51.1 Å². The molecule has 0 fully saturated rings. The van der Waals surface area contributed by atoms with Crippen LogP contribution in [0, 0.1) is 12.8 Å². The SMILES string of the molecule is CCO[C@@H]1OC(C(=O)Nc2ccc(N3C(=O)c4ccc(Cl)cc4C3=O)c(C)c2)=C[C@H](c2ccccc2)[C@@H]1CCOCCOCCO. The lowest BCUT2D eigenvalue weighted by Crippen LogP contribution is -2.38. The minimum atomic E-state index is -0.693. The largest absolute Gasteiger partial charge is 0.459 e. The van der Waals surface area contributed by atoms with E-state index in [0.29, 0.717) is 60.4 Å². The number of halogens is 1. The van der Waals surface area contributed by atoms with Crippen LogP contribution >= 0.6 is 11.6 Å². The molecule has 46 heavy (non-hydrogen) atoms. The molecule has 0 spiro atoms.